The summed E-state index contributed by atoms with van der Waals surface area (Å²) in [5.74, 6) is -0.215. The lowest BCUT2D eigenvalue weighted by Crippen LogP contribution is -2.21. The van der Waals surface area contributed by atoms with Crippen LogP contribution in [0.5, 0.6) is 5.75 Å². The molecule has 7 nitrogen and oxygen atoms in total. The van der Waals surface area contributed by atoms with Crippen LogP contribution >= 0.6 is 11.3 Å². The van der Waals surface area contributed by atoms with E-state index >= 15 is 0 Å². The van der Waals surface area contributed by atoms with E-state index in [-0.39, 0.29) is 18.7 Å². The van der Waals surface area contributed by atoms with E-state index in [4.69, 9.17) is 9.94 Å². The number of nitrogens with zero attached hydrogens (tertiary/aromatic N) is 1. The Morgan fingerprint density at radius 2 is 2.10 bits per heavy atom. The first-order valence-electron chi connectivity index (χ1n) is 5.79. The Bertz CT molecular complexity index is 641. The number of amides is 2. The van der Waals surface area contributed by atoms with Gasteiger partial charge in [-0.3, -0.25) is 14.8 Å². The summed E-state index contributed by atoms with van der Waals surface area (Å²) in [7, 11) is 1.58. The molecule has 2 amide bonds. The number of carbonyl (C=O) groups is 2. The fourth-order valence-corrected chi connectivity index (χ4v) is 2.46. The number of hydrogen-bond acceptors (Lipinski definition) is 6. The molecule has 1 heterocycles. The summed E-state index contributed by atoms with van der Waals surface area (Å²) < 4.78 is 6.01. The van der Waals surface area contributed by atoms with E-state index in [9.17, 15) is 9.59 Å². The third kappa shape index (κ3) is 3.43. The summed E-state index contributed by atoms with van der Waals surface area (Å²) in [5, 5.41) is 11.4. The highest BCUT2D eigenvalue weighted by Gasteiger charge is 2.10. The second kappa shape index (κ2) is 6.31. The Kier molecular flexibility index (Phi) is 4.49. The molecule has 20 heavy (non-hydrogen) atoms. The van der Waals surface area contributed by atoms with Crippen molar-refractivity contribution in [3.05, 3.63) is 18.2 Å². The van der Waals surface area contributed by atoms with Crippen molar-refractivity contribution in [3.63, 3.8) is 0 Å². The van der Waals surface area contributed by atoms with Gasteiger partial charge in [0.2, 0.25) is 11.8 Å². The lowest BCUT2D eigenvalue weighted by Gasteiger charge is -2.00. The van der Waals surface area contributed by atoms with Gasteiger partial charge in [-0.25, -0.2) is 10.5 Å². The van der Waals surface area contributed by atoms with Gasteiger partial charge in [0.05, 0.1) is 17.3 Å². The van der Waals surface area contributed by atoms with Crippen molar-refractivity contribution in [3.8, 4) is 5.75 Å². The number of carbonyl (C=O) groups excluding carboxylic acids is 2. The molecule has 0 atom stereocenters. The van der Waals surface area contributed by atoms with E-state index < -0.39 is 5.91 Å². The average Bonchev–Trinajstić information content (AvgIpc) is 2.85. The first-order chi connectivity index (χ1) is 9.62. The summed E-state index contributed by atoms with van der Waals surface area (Å²) >= 11 is 1.32. The van der Waals surface area contributed by atoms with Crippen molar-refractivity contribution in [2.45, 2.75) is 12.8 Å². The van der Waals surface area contributed by atoms with Crippen molar-refractivity contribution in [1.29, 1.82) is 0 Å². The molecule has 0 fully saturated rings. The zero-order chi connectivity index (χ0) is 14.5. The van der Waals surface area contributed by atoms with Gasteiger partial charge >= 0.3 is 0 Å². The molecule has 2 rings (SSSR count). The van der Waals surface area contributed by atoms with E-state index in [2.05, 4.69) is 10.3 Å². The zero-order valence-corrected chi connectivity index (χ0v) is 11.5. The predicted octanol–water partition coefficient (Wildman–Crippen LogP) is 1.53. The van der Waals surface area contributed by atoms with Gasteiger partial charge in [0.25, 0.3) is 0 Å². The number of fused-ring (bicyclic) bond motifs is 1. The molecule has 0 saturated heterocycles. The van der Waals surface area contributed by atoms with E-state index in [0.29, 0.717) is 5.13 Å². The zero-order valence-electron chi connectivity index (χ0n) is 10.7. The predicted molar refractivity (Wildman–Crippen MR) is 74.0 cm³/mol. The molecule has 106 valence electrons. The molecule has 0 aliphatic heterocycles. The molecule has 0 spiro atoms. The van der Waals surface area contributed by atoms with Crippen LogP contribution in [0.2, 0.25) is 0 Å². The van der Waals surface area contributed by atoms with Crippen molar-refractivity contribution in [1.82, 2.24) is 10.5 Å². The number of hydrogen-bond donors (Lipinski definition) is 3. The number of ether oxygens (including phenoxy) is 1. The first-order valence-corrected chi connectivity index (χ1v) is 6.61. The van der Waals surface area contributed by atoms with Crippen LogP contribution in [0.3, 0.4) is 0 Å². The minimum absolute atomic E-state index is 0.0222. The van der Waals surface area contributed by atoms with Gasteiger partial charge < -0.3 is 10.1 Å². The van der Waals surface area contributed by atoms with E-state index in [1.165, 1.54) is 16.8 Å². The van der Waals surface area contributed by atoms with Crippen LogP contribution in [-0.2, 0) is 9.59 Å². The van der Waals surface area contributed by atoms with E-state index in [1.54, 1.807) is 19.2 Å². The molecule has 0 aliphatic carbocycles. The Morgan fingerprint density at radius 1 is 1.35 bits per heavy atom. The van der Waals surface area contributed by atoms with Crippen LogP contribution in [-0.4, -0.2) is 29.1 Å². The third-order valence-corrected chi connectivity index (χ3v) is 3.48. The van der Waals surface area contributed by atoms with Crippen molar-refractivity contribution < 1.29 is 19.5 Å². The summed E-state index contributed by atoms with van der Waals surface area (Å²) in [4.78, 5) is 26.7. The molecule has 0 aliphatic rings. The van der Waals surface area contributed by atoms with Crippen LogP contribution in [0, 0.1) is 0 Å². The van der Waals surface area contributed by atoms with Gasteiger partial charge in [0.15, 0.2) is 5.13 Å². The minimum Gasteiger partial charge on any atom is -0.497 e. The maximum absolute atomic E-state index is 11.6. The number of rotatable bonds is 5. The van der Waals surface area contributed by atoms with Crippen LogP contribution in [0.4, 0.5) is 5.13 Å². The number of hydroxylamine groups is 1. The monoisotopic (exact) mass is 295 g/mol. The molecule has 3 N–H and O–H groups in total. The Balaban J connectivity index is 2.02. The molecule has 0 saturated carbocycles. The summed E-state index contributed by atoms with van der Waals surface area (Å²) in [6, 6.07) is 5.43. The van der Waals surface area contributed by atoms with Gasteiger partial charge in [0, 0.05) is 12.8 Å². The molecular weight excluding hydrogens is 282 g/mol. The number of thiazole rings is 1. The fraction of sp³-hybridized carbons (Fsp3) is 0.250. The van der Waals surface area contributed by atoms with Crippen molar-refractivity contribution in [2.24, 2.45) is 0 Å². The SMILES string of the molecule is COc1ccc2nc(NC(=O)CCC(=O)NO)sc2c1. The lowest BCUT2D eigenvalue weighted by atomic mass is 10.3. The first kappa shape index (κ1) is 14.2. The third-order valence-electron chi connectivity index (χ3n) is 2.55. The normalized spacial score (nSPS) is 10.3. The van der Waals surface area contributed by atoms with Gasteiger partial charge in [-0.1, -0.05) is 11.3 Å². The van der Waals surface area contributed by atoms with Crippen LogP contribution < -0.4 is 15.5 Å². The topological polar surface area (TPSA) is 101 Å². The quantitative estimate of drug-likeness (QED) is 0.573. The van der Waals surface area contributed by atoms with Crippen LogP contribution in [0.15, 0.2) is 18.2 Å². The number of methoxy groups -OCH3 is 1. The smallest absolute Gasteiger partial charge is 0.243 e. The second-order valence-corrected chi connectivity index (χ2v) is 4.97. The standard InChI is InChI=1S/C12H13N3O4S/c1-19-7-2-3-8-9(6-7)20-12(13-8)14-10(16)4-5-11(17)15-18/h2-3,6,18H,4-5H2,1H3,(H,15,17)(H,13,14,16). The number of anilines is 1. The maximum Gasteiger partial charge on any atom is 0.243 e. The summed E-state index contributed by atoms with van der Waals surface area (Å²) in [5.41, 5.74) is 2.24. The van der Waals surface area contributed by atoms with Gasteiger partial charge in [-0.05, 0) is 18.2 Å². The Morgan fingerprint density at radius 3 is 2.80 bits per heavy atom. The molecular formula is C12H13N3O4S. The molecule has 2 aromatic rings. The number of benzene rings is 1. The fourth-order valence-electron chi connectivity index (χ4n) is 1.55. The van der Waals surface area contributed by atoms with Crippen LogP contribution in [0.1, 0.15) is 12.8 Å². The summed E-state index contributed by atoms with van der Waals surface area (Å²) in [6.45, 7) is 0. The van der Waals surface area contributed by atoms with E-state index in [1.807, 2.05) is 6.07 Å². The van der Waals surface area contributed by atoms with Crippen molar-refractivity contribution in [2.75, 3.05) is 12.4 Å². The number of nitrogens with one attached hydrogen (secondary N) is 2. The Hall–Kier alpha value is -2.19. The Labute approximate surface area is 118 Å². The molecule has 0 bridgehead atoms. The highest BCUT2D eigenvalue weighted by atomic mass is 32.1. The average molecular weight is 295 g/mol. The van der Waals surface area contributed by atoms with Gasteiger partial charge in [0.1, 0.15) is 5.75 Å². The lowest BCUT2D eigenvalue weighted by molar-refractivity contribution is -0.131. The highest BCUT2D eigenvalue weighted by Crippen LogP contribution is 2.29. The molecule has 0 radical (unpaired) electrons. The van der Waals surface area contributed by atoms with E-state index in [0.717, 1.165) is 16.0 Å². The molecule has 1 aromatic heterocycles. The van der Waals surface area contributed by atoms with Crippen molar-refractivity contribution >= 4 is 38.5 Å². The largest absolute Gasteiger partial charge is 0.497 e. The molecule has 1 aromatic carbocycles. The molecule has 8 heteroatoms. The van der Waals surface area contributed by atoms with Gasteiger partial charge in [-0.15, -0.1) is 0 Å². The number of aromatic nitrogens is 1. The minimum atomic E-state index is -0.603. The van der Waals surface area contributed by atoms with Crippen LogP contribution in [0.25, 0.3) is 10.2 Å². The summed E-state index contributed by atoms with van der Waals surface area (Å²) in [6.07, 6.45) is -0.104. The second-order valence-electron chi connectivity index (χ2n) is 3.94. The maximum atomic E-state index is 11.6. The molecule has 0 unspecified atom stereocenters. The van der Waals surface area contributed by atoms with Gasteiger partial charge in [-0.2, -0.15) is 0 Å². The highest BCUT2D eigenvalue weighted by molar-refractivity contribution is 7.22.